The summed E-state index contributed by atoms with van der Waals surface area (Å²) in [4.78, 5) is 9.59. The highest BCUT2D eigenvalue weighted by atomic mass is 15.3. The summed E-state index contributed by atoms with van der Waals surface area (Å²) >= 11 is 0. The molecular formula is C17H19N5. The summed E-state index contributed by atoms with van der Waals surface area (Å²) in [6.07, 6.45) is 9.16. The van der Waals surface area contributed by atoms with E-state index in [1.54, 1.807) is 0 Å². The van der Waals surface area contributed by atoms with E-state index in [0.29, 0.717) is 11.8 Å². The number of hydrogen-bond donors (Lipinski definition) is 0. The van der Waals surface area contributed by atoms with E-state index >= 15 is 0 Å². The topological polar surface area (TPSA) is 48.5 Å². The molecule has 0 amide bonds. The van der Waals surface area contributed by atoms with Crippen LogP contribution in [0.5, 0.6) is 0 Å². The highest BCUT2D eigenvalue weighted by Crippen LogP contribution is 2.45. The highest BCUT2D eigenvalue weighted by molar-refractivity contribution is 5.81. The Kier molecular flexibility index (Phi) is 2.35. The van der Waals surface area contributed by atoms with Gasteiger partial charge in [0.2, 0.25) is 0 Å². The van der Waals surface area contributed by atoms with Crippen molar-refractivity contribution < 1.29 is 0 Å². The van der Waals surface area contributed by atoms with Gasteiger partial charge in [0.15, 0.2) is 5.65 Å². The maximum Gasteiger partial charge on any atom is 0.181 e. The van der Waals surface area contributed by atoms with E-state index in [1.165, 1.54) is 42.6 Å². The zero-order valence-electron chi connectivity index (χ0n) is 13.0. The molecule has 0 aliphatic heterocycles. The van der Waals surface area contributed by atoms with Crippen LogP contribution in [0.4, 0.5) is 0 Å². The van der Waals surface area contributed by atoms with Gasteiger partial charge in [0.25, 0.3) is 0 Å². The van der Waals surface area contributed by atoms with Gasteiger partial charge in [-0.25, -0.2) is 9.97 Å². The maximum absolute atomic E-state index is 4.86. The van der Waals surface area contributed by atoms with Crippen molar-refractivity contribution in [3.8, 4) is 11.4 Å². The Bertz CT molecular complexity index is 880. The average molecular weight is 293 g/mol. The van der Waals surface area contributed by atoms with E-state index in [0.717, 1.165) is 16.9 Å². The van der Waals surface area contributed by atoms with Crippen molar-refractivity contribution in [2.24, 2.45) is 14.1 Å². The zero-order valence-corrected chi connectivity index (χ0v) is 13.0. The molecule has 0 bridgehead atoms. The second-order valence-corrected chi connectivity index (χ2v) is 6.75. The van der Waals surface area contributed by atoms with Crippen molar-refractivity contribution in [2.75, 3.05) is 0 Å². The summed E-state index contributed by atoms with van der Waals surface area (Å²) in [6, 6.07) is 2.22. The van der Waals surface area contributed by atoms with Gasteiger partial charge in [0.1, 0.15) is 5.82 Å². The molecular weight excluding hydrogens is 274 g/mol. The lowest BCUT2D eigenvalue weighted by atomic mass is 10.1. The smallest absolute Gasteiger partial charge is 0.181 e. The van der Waals surface area contributed by atoms with E-state index < -0.39 is 0 Å². The third-order valence-corrected chi connectivity index (χ3v) is 4.86. The molecule has 5 rings (SSSR count). The van der Waals surface area contributed by atoms with Gasteiger partial charge >= 0.3 is 0 Å². The molecule has 22 heavy (non-hydrogen) atoms. The molecule has 5 heteroatoms. The lowest BCUT2D eigenvalue weighted by molar-refractivity contribution is 0.774. The van der Waals surface area contributed by atoms with Gasteiger partial charge in [-0.05, 0) is 31.7 Å². The molecule has 3 heterocycles. The Labute approximate surface area is 129 Å². The second-order valence-electron chi connectivity index (χ2n) is 6.75. The summed E-state index contributed by atoms with van der Waals surface area (Å²) in [5, 5.41) is 5.56. The van der Waals surface area contributed by atoms with Crippen LogP contribution in [0.3, 0.4) is 0 Å². The Morgan fingerprint density at radius 3 is 2.59 bits per heavy atom. The van der Waals surface area contributed by atoms with Crippen LogP contribution in [-0.4, -0.2) is 24.3 Å². The minimum absolute atomic E-state index is 0.586. The summed E-state index contributed by atoms with van der Waals surface area (Å²) in [7, 11) is 4.09. The lowest BCUT2D eigenvalue weighted by Crippen LogP contribution is -2.01. The molecule has 2 fully saturated rings. The maximum atomic E-state index is 4.86. The number of rotatable bonds is 3. The predicted molar refractivity (Wildman–Crippen MR) is 84.7 cm³/mol. The Hall–Kier alpha value is -2.17. The van der Waals surface area contributed by atoms with Crippen LogP contribution in [0.25, 0.3) is 22.4 Å². The molecule has 0 atom stereocenters. The van der Waals surface area contributed by atoms with Gasteiger partial charge in [-0.1, -0.05) is 0 Å². The van der Waals surface area contributed by atoms with Gasteiger partial charge in [0, 0.05) is 55.0 Å². The van der Waals surface area contributed by atoms with Crippen molar-refractivity contribution >= 4 is 11.0 Å². The Balaban J connectivity index is 1.73. The molecule has 0 saturated heterocycles. The quantitative estimate of drug-likeness (QED) is 0.745. The van der Waals surface area contributed by atoms with Gasteiger partial charge in [-0.3, -0.25) is 4.68 Å². The van der Waals surface area contributed by atoms with Gasteiger partial charge in [-0.2, -0.15) is 5.10 Å². The number of pyridine rings is 1. The first kappa shape index (κ1) is 12.4. The van der Waals surface area contributed by atoms with Crippen LogP contribution in [0.15, 0.2) is 18.5 Å². The molecule has 0 radical (unpaired) electrons. The van der Waals surface area contributed by atoms with Crippen LogP contribution < -0.4 is 0 Å². The minimum Gasteiger partial charge on any atom is -0.331 e. The number of aryl methyl sites for hydroxylation is 1. The van der Waals surface area contributed by atoms with Crippen LogP contribution in [0.1, 0.15) is 48.9 Å². The molecule has 5 nitrogen and oxygen atoms in total. The molecule has 2 aliphatic rings. The molecule has 2 aliphatic carbocycles. The summed E-state index contributed by atoms with van der Waals surface area (Å²) in [5.41, 5.74) is 4.59. The highest BCUT2D eigenvalue weighted by Gasteiger charge is 2.32. The van der Waals surface area contributed by atoms with Crippen molar-refractivity contribution in [2.45, 2.75) is 37.5 Å². The van der Waals surface area contributed by atoms with Gasteiger partial charge < -0.3 is 4.57 Å². The normalized spacial score (nSPS) is 18.3. The van der Waals surface area contributed by atoms with Crippen molar-refractivity contribution in [3.05, 3.63) is 29.8 Å². The van der Waals surface area contributed by atoms with E-state index in [4.69, 9.17) is 9.97 Å². The first-order valence-electron chi connectivity index (χ1n) is 8.07. The molecule has 0 N–H and O–H groups in total. The fourth-order valence-corrected chi connectivity index (χ4v) is 3.37. The largest absolute Gasteiger partial charge is 0.331 e. The molecule has 0 spiro atoms. The minimum atomic E-state index is 0.586. The SMILES string of the molecule is Cn1cc2cc(-c3ncc(C4CC4)n3C)c(C3CC3)nc2n1. The molecule has 112 valence electrons. The lowest BCUT2D eigenvalue weighted by Gasteiger charge is -2.09. The van der Waals surface area contributed by atoms with Gasteiger partial charge in [-0.15, -0.1) is 0 Å². The molecule has 0 aromatic carbocycles. The Morgan fingerprint density at radius 1 is 1.09 bits per heavy atom. The fraction of sp³-hybridized carbons (Fsp3) is 0.471. The zero-order chi connectivity index (χ0) is 14.8. The van der Waals surface area contributed by atoms with Crippen molar-refractivity contribution in [3.63, 3.8) is 0 Å². The molecule has 2 saturated carbocycles. The number of hydrogen-bond acceptors (Lipinski definition) is 3. The standard InChI is InChI=1S/C17H19N5/c1-21-9-12-7-13(15(11-5-6-11)19-16(12)20-21)17-18-8-14(22(17)2)10-3-4-10/h7-11H,3-6H2,1-2H3. The van der Waals surface area contributed by atoms with Crippen LogP contribution in [0.2, 0.25) is 0 Å². The van der Waals surface area contributed by atoms with Crippen LogP contribution in [-0.2, 0) is 14.1 Å². The number of aromatic nitrogens is 5. The van der Waals surface area contributed by atoms with E-state index in [9.17, 15) is 0 Å². The van der Waals surface area contributed by atoms with Crippen LogP contribution in [0, 0.1) is 0 Å². The molecule has 3 aromatic rings. The first-order valence-corrected chi connectivity index (χ1v) is 8.07. The fourth-order valence-electron chi connectivity index (χ4n) is 3.37. The second kappa shape index (κ2) is 4.18. The van der Waals surface area contributed by atoms with E-state index in [2.05, 4.69) is 29.0 Å². The van der Waals surface area contributed by atoms with Crippen molar-refractivity contribution in [1.29, 1.82) is 0 Å². The summed E-state index contributed by atoms with van der Waals surface area (Å²) in [5.74, 6) is 2.36. The predicted octanol–water partition coefficient (Wildman–Crippen LogP) is 3.12. The third-order valence-electron chi connectivity index (χ3n) is 4.86. The van der Waals surface area contributed by atoms with E-state index in [1.807, 2.05) is 17.9 Å². The summed E-state index contributed by atoms with van der Waals surface area (Å²) in [6.45, 7) is 0. The molecule has 0 unspecified atom stereocenters. The number of fused-ring (bicyclic) bond motifs is 1. The first-order chi connectivity index (χ1) is 10.7. The summed E-state index contributed by atoms with van der Waals surface area (Å²) < 4.78 is 4.11. The average Bonchev–Trinajstić information content (AvgIpc) is 3.40. The van der Waals surface area contributed by atoms with Crippen LogP contribution >= 0.6 is 0 Å². The van der Waals surface area contributed by atoms with Crippen molar-refractivity contribution in [1.82, 2.24) is 24.3 Å². The Morgan fingerprint density at radius 2 is 1.86 bits per heavy atom. The molecule has 3 aromatic heterocycles. The third kappa shape index (κ3) is 1.81. The van der Waals surface area contributed by atoms with E-state index in [-0.39, 0.29) is 0 Å². The number of imidazole rings is 1. The number of nitrogens with zero attached hydrogens (tertiary/aromatic N) is 5. The van der Waals surface area contributed by atoms with Gasteiger partial charge in [0.05, 0.1) is 5.69 Å². The monoisotopic (exact) mass is 293 g/mol.